The van der Waals surface area contributed by atoms with Crippen LogP contribution in [0.1, 0.15) is 16.4 Å². The number of hydrogen-bond donors (Lipinski definition) is 1. The fraction of sp³-hybridized carbons (Fsp3) is 0.0952. The van der Waals surface area contributed by atoms with Gasteiger partial charge in [0, 0.05) is 26.3 Å². The number of nitro groups is 1. The van der Waals surface area contributed by atoms with Crippen LogP contribution in [0.25, 0.3) is 22.2 Å². The van der Waals surface area contributed by atoms with Gasteiger partial charge in [-0.25, -0.2) is 0 Å². The molecule has 1 N–H and O–H groups in total. The van der Waals surface area contributed by atoms with Crippen LogP contribution in [-0.4, -0.2) is 21.6 Å². The van der Waals surface area contributed by atoms with Gasteiger partial charge in [-0.1, -0.05) is 36.4 Å². The number of thiophene rings is 1. The minimum Gasteiger partial charge on any atom is -0.354 e. The van der Waals surface area contributed by atoms with Crippen LogP contribution >= 0.6 is 23.6 Å². The van der Waals surface area contributed by atoms with Gasteiger partial charge in [-0.2, -0.15) is 4.99 Å². The molecule has 0 aliphatic rings. The van der Waals surface area contributed by atoms with E-state index in [1.165, 1.54) is 11.3 Å². The van der Waals surface area contributed by atoms with Gasteiger partial charge >= 0.3 is 0 Å². The Kier molecular flexibility index (Phi) is 5.12. The van der Waals surface area contributed by atoms with E-state index in [1.807, 2.05) is 66.0 Å². The number of aromatic amines is 1. The van der Waals surface area contributed by atoms with Crippen molar-refractivity contribution in [1.82, 2.24) is 4.98 Å². The zero-order valence-electron chi connectivity index (χ0n) is 14.7. The van der Waals surface area contributed by atoms with Gasteiger partial charge in [0.05, 0.1) is 22.5 Å². The van der Waals surface area contributed by atoms with Crippen molar-refractivity contribution in [2.24, 2.45) is 4.99 Å². The van der Waals surface area contributed by atoms with Crippen LogP contribution in [0.15, 0.2) is 71.0 Å². The van der Waals surface area contributed by atoms with E-state index in [1.54, 1.807) is 0 Å². The summed E-state index contributed by atoms with van der Waals surface area (Å²) < 4.78 is 0. The molecular weight excluding hydrogens is 390 g/mol. The Hall–Kier alpha value is -3.12. The summed E-state index contributed by atoms with van der Waals surface area (Å²) in [4.78, 5) is 19.8. The van der Waals surface area contributed by atoms with Crippen LogP contribution in [0.3, 0.4) is 0 Å². The van der Waals surface area contributed by atoms with E-state index in [9.17, 15) is 10.1 Å². The molecule has 0 amide bonds. The van der Waals surface area contributed by atoms with Crippen molar-refractivity contribution in [3.63, 3.8) is 0 Å². The lowest BCUT2D eigenvalue weighted by atomic mass is 9.92. The fourth-order valence-corrected chi connectivity index (χ4v) is 4.41. The minimum atomic E-state index is -0.370. The highest BCUT2D eigenvalue weighted by Crippen LogP contribution is 2.41. The average Bonchev–Trinajstić information content (AvgIpc) is 3.35. The number of H-pyrrole nitrogens is 1. The Labute approximate surface area is 170 Å². The number of aliphatic imine (C=N–C) groups is 1. The Morgan fingerprint density at radius 2 is 2.00 bits per heavy atom. The van der Waals surface area contributed by atoms with Gasteiger partial charge in [-0.3, -0.25) is 10.1 Å². The van der Waals surface area contributed by atoms with Crippen molar-refractivity contribution in [3.8, 4) is 11.3 Å². The predicted octanol–water partition coefficient (Wildman–Crippen LogP) is 6.04. The van der Waals surface area contributed by atoms with E-state index in [-0.39, 0.29) is 17.4 Å². The summed E-state index contributed by atoms with van der Waals surface area (Å²) in [7, 11) is 0. The van der Waals surface area contributed by atoms with E-state index < -0.39 is 0 Å². The van der Waals surface area contributed by atoms with Gasteiger partial charge in [0.2, 0.25) is 6.54 Å². The number of fused-ring (bicyclic) bond motifs is 1. The fourth-order valence-electron chi connectivity index (χ4n) is 3.48. The molecule has 0 fully saturated rings. The summed E-state index contributed by atoms with van der Waals surface area (Å²) in [6.07, 6.45) is 0. The smallest absolute Gasteiger partial charge is 0.215 e. The molecular formula is C21H15N3O2S2. The van der Waals surface area contributed by atoms with Crippen LogP contribution in [-0.2, 0) is 0 Å². The van der Waals surface area contributed by atoms with E-state index >= 15 is 0 Å². The normalized spacial score (nSPS) is 11.9. The van der Waals surface area contributed by atoms with Gasteiger partial charge in [-0.15, -0.1) is 11.3 Å². The third-order valence-corrected chi connectivity index (χ3v) is 5.70. The topological polar surface area (TPSA) is 71.3 Å². The monoisotopic (exact) mass is 405 g/mol. The number of isothiocyanates is 1. The molecule has 1 unspecified atom stereocenters. The molecule has 0 aliphatic heterocycles. The van der Waals surface area contributed by atoms with Crippen LogP contribution in [0.4, 0.5) is 5.69 Å². The van der Waals surface area contributed by atoms with Gasteiger partial charge in [-0.05, 0) is 47.4 Å². The number of hydrogen-bond acceptors (Lipinski definition) is 5. The molecule has 4 aromatic rings. The van der Waals surface area contributed by atoms with Crippen molar-refractivity contribution in [2.75, 3.05) is 6.54 Å². The number of nitrogens with one attached hydrogen (secondary N) is 1. The summed E-state index contributed by atoms with van der Waals surface area (Å²) in [5.74, 6) is -0.370. The number of benzene rings is 2. The number of rotatable bonds is 6. The molecule has 0 spiro atoms. The summed E-state index contributed by atoms with van der Waals surface area (Å²) in [6, 6.07) is 19.4. The molecule has 2 aromatic carbocycles. The Balaban J connectivity index is 2.03. The quantitative estimate of drug-likeness (QED) is 0.184. The van der Waals surface area contributed by atoms with Gasteiger partial charge in [0.15, 0.2) is 0 Å². The highest BCUT2D eigenvalue weighted by Gasteiger charge is 2.28. The average molecular weight is 406 g/mol. The van der Waals surface area contributed by atoms with E-state index in [2.05, 4.69) is 15.1 Å². The number of thiocarbonyl (C=S) groups is 1. The van der Waals surface area contributed by atoms with Crippen molar-refractivity contribution >= 4 is 45.3 Å². The van der Waals surface area contributed by atoms with E-state index in [0.717, 1.165) is 32.6 Å². The summed E-state index contributed by atoms with van der Waals surface area (Å²) in [5, 5.41) is 16.8. The molecule has 0 bridgehead atoms. The van der Waals surface area contributed by atoms with Gasteiger partial charge in [0.25, 0.3) is 0 Å². The molecule has 28 heavy (non-hydrogen) atoms. The molecule has 138 valence electrons. The third-order valence-electron chi connectivity index (χ3n) is 4.63. The maximum absolute atomic E-state index is 11.5. The Morgan fingerprint density at radius 3 is 2.68 bits per heavy atom. The molecule has 2 aromatic heterocycles. The first kappa shape index (κ1) is 18.3. The summed E-state index contributed by atoms with van der Waals surface area (Å²) >= 11 is 6.26. The van der Waals surface area contributed by atoms with Crippen molar-refractivity contribution in [3.05, 3.63) is 86.6 Å². The lowest BCUT2D eigenvalue weighted by Gasteiger charge is -2.14. The minimum absolute atomic E-state index is 0.187. The van der Waals surface area contributed by atoms with Crippen LogP contribution in [0.2, 0.25) is 0 Å². The predicted molar refractivity (Wildman–Crippen MR) is 116 cm³/mol. The highest BCUT2D eigenvalue weighted by atomic mass is 32.1. The lowest BCUT2D eigenvalue weighted by molar-refractivity contribution is -0.481. The molecule has 0 saturated carbocycles. The maximum Gasteiger partial charge on any atom is 0.215 e. The summed E-state index contributed by atoms with van der Waals surface area (Å²) in [5.41, 5.74) is 4.36. The van der Waals surface area contributed by atoms with Crippen molar-refractivity contribution < 1.29 is 4.92 Å². The largest absolute Gasteiger partial charge is 0.354 e. The molecule has 0 aliphatic carbocycles. The zero-order valence-corrected chi connectivity index (χ0v) is 16.3. The van der Waals surface area contributed by atoms with E-state index in [0.29, 0.717) is 5.69 Å². The van der Waals surface area contributed by atoms with Crippen molar-refractivity contribution in [1.29, 1.82) is 0 Å². The first-order valence-corrected chi connectivity index (χ1v) is 9.90. The molecule has 2 heterocycles. The molecule has 0 radical (unpaired) electrons. The molecule has 0 saturated heterocycles. The first-order chi connectivity index (χ1) is 13.7. The van der Waals surface area contributed by atoms with Crippen molar-refractivity contribution in [2.45, 2.75) is 5.92 Å². The standard InChI is InChI=1S/C21H15N3O2S2/c25-24(26)12-17(19-7-4-10-28-19)20-16-11-15(22-13-27)8-9-18(16)23-21(20)14-5-2-1-3-6-14/h1-11,17,23H,12H2. The lowest BCUT2D eigenvalue weighted by Crippen LogP contribution is -2.13. The van der Waals surface area contributed by atoms with Gasteiger partial charge in [0.1, 0.15) is 0 Å². The second kappa shape index (κ2) is 7.86. The van der Waals surface area contributed by atoms with Crippen LogP contribution in [0, 0.1) is 10.1 Å². The Bertz CT molecular complexity index is 1180. The van der Waals surface area contributed by atoms with E-state index in [4.69, 9.17) is 12.2 Å². The molecule has 7 heteroatoms. The first-order valence-electron chi connectivity index (χ1n) is 8.61. The molecule has 5 nitrogen and oxygen atoms in total. The molecule has 4 rings (SSSR count). The van der Waals surface area contributed by atoms with Crippen LogP contribution in [0.5, 0.6) is 0 Å². The highest BCUT2D eigenvalue weighted by molar-refractivity contribution is 7.78. The van der Waals surface area contributed by atoms with Gasteiger partial charge < -0.3 is 4.98 Å². The number of nitrogens with zero attached hydrogens (tertiary/aromatic N) is 2. The summed E-state index contributed by atoms with van der Waals surface area (Å²) in [6.45, 7) is -0.187. The van der Waals surface area contributed by atoms with Crippen LogP contribution < -0.4 is 0 Å². The second-order valence-electron chi connectivity index (χ2n) is 6.30. The number of aromatic nitrogens is 1. The zero-order chi connectivity index (χ0) is 19.5. The molecule has 1 atom stereocenters. The SMILES string of the molecule is O=[N+]([O-])CC(c1cccs1)c1c(-c2ccccc2)[nH]c2ccc(N=C=S)cc12. The second-order valence-corrected chi connectivity index (χ2v) is 7.46. The Morgan fingerprint density at radius 1 is 1.18 bits per heavy atom. The maximum atomic E-state index is 11.5. The third kappa shape index (κ3) is 3.51.